The molecule has 1 saturated carbocycles. The standard InChI is InChI=1S/C29H31N/c1-20-17-23(22-9-4-3-5-10-22)15-16-26(20)21(2)18-24-12-8-13-27(24)29-19-25-11-6-7-14-28(25)30-29/h6-7,11-17,19,22,30H,2-5,8-10,18H2,1H3. The molecule has 3 aromatic rings. The van der Waals surface area contributed by atoms with Gasteiger partial charge < -0.3 is 4.98 Å². The van der Waals surface area contributed by atoms with Crippen molar-refractivity contribution in [2.24, 2.45) is 0 Å². The van der Waals surface area contributed by atoms with Gasteiger partial charge in [-0.25, -0.2) is 0 Å². The molecule has 0 bridgehead atoms. The van der Waals surface area contributed by atoms with E-state index in [1.54, 1.807) is 0 Å². The molecule has 0 atom stereocenters. The Morgan fingerprint density at radius 1 is 1.00 bits per heavy atom. The maximum atomic E-state index is 4.48. The van der Waals surface area contributed by atoms with E-state index < -0.39 is 0 Å². The van der Waals surface area contributed by atoms with Crippen molar-refractivity contribution in [1.82, 2.24) is 4.98 Å². The van der Waals surface area contributed by atoms with Crippen molar-refractivity contribution in [2.75, 3.05) is 0 Å². The minimum Gasteiger partial charge on any atom is -0.355 e. The first-order chi connectivity index (χ1) is 14.7. The third-order valence-electron chi connectivity index (χ3n) is 6.96. The van der Waals surface area contributed by atoms with Crippen LogP contribution in [0.2, 0.25) is 0 Å². The molecule has 0 unspecified atom stereocenters. The fourth-order valence-electron chi connectivity index (χ4n) is 5.33. The third kappa shape index (κ3) is 3.69. The molecule has 1 heteroatoms. The number of allylic oxidation sites excluding steroid dienone is 5. The SMILES string of the molecule is C=C(CC1=CCC=C1c1cc2ccccc2[nH]1)c1ccc(C2CCCCC2)cc1C. The van der Waals surface area contributed by atoms with Crippen LogP contribution >= 0.6 is 0 Å². The molecule has 0 aliphatic heterocycles. The number of H-pyrrole nitrogens is 1. The fourth-order valence-corrected chi connectivity index (χ4v) is 5.33. The highest BCUT2D eigenvalue weighted by atomic mass is 14.7. The molecule has 1 N–H and O–H groups in total. The number of nitrogens with one attached hydrogen (secondary N) is 1. The van der Waals surface area contributed by atoms with E-state index in [0.29, 0.717) is 0 Å². The first-order valence-electron chi connectivity index (χ1n) is 11.5. The minimum atomic E-state index is 0.758. The zero-order valence-corrected chi connectivity index (χ0v) is 18.0. The Bertz CT molecular complexity index is 1120. The molecular formula is C29H31N. The first-order valence-corrected chi connectivity index (χ1v) is 11.5. The van der Waals surface area contributed by atoms with Gasteiger partial charge in [-0.3, -0.25) is 0 Å². The Morgan fingerprint density at radius 2 is 1.83 bits per heavy atom. The molecule has 152 valence electrons. The summed E-state index contributed by atoms with van der Waals surface area (Å²) in [5.74, 6) is 0.758. The lowest BCUT2D eigenvalue weighted by molar-refractivity contribution is 0.443. The highest BCUT2D eigenvalue weighted by Crippen LogP contribution is 2.38. The highest BCUT2D eigenvalue weighted by molar-refractivity contribution is 5.90. The van der Waals surface area contributed by atoms with Gasteiger partial charge in [0.1, 0.15) is 0 Å². The number of para-hydroxylation sites is 1. The van der Waals surface area contributed by atoms with Gasteiger partial charge in [-0.1, -0.05) is 74.4 Å². The molecule has 0 saturated heterocycles. The lowest BCUT2D eigenvalue weighted by atomic mass is 9.82. The Balaban J connectivity index is 1.34. The molecule has 5 rings (SSSR count). The van der Waals surface area contributed by atoms with Gasteiger partial charge in [0, 0.05) is 16.6 Å². The Kier molecular flexibility index (Phi) is 5.21. The largest absolute Gasteiger partial charge is 0.355 e. The zero-order valence-electron chi connectivity index (χ0n) is 18.0. The second kappa shape index (κ2) is 8.14. The van der Waals surface area contributed by atoms with Crippen LogP contribution in [0, 0.1) is 6.92 Å². The molecular weight excluding hydrogens is 362 g/mol. The van der Waals surface area contributed by atoms with Gasteiger partial charge in [-0.05, 0) is 84.1 Å². The molecule has 30 heavy (non-hydrogen) atoms. The van der Waals surface area contributed by atoms with Crippen molar-refractivity contribution < 1.29 is 0 Å². The summed E-state index contributed by atoms with van der Waals surface area (Å²) >= 11 is 0. The molecule has 0 amide bonds. The van der Waals surface area contributed by atoms with Crippen LogP contribution in [0.15, 0.2) is 72.8 Å². The molecule has 2 aliphatic rings. The third-order valence-corrected chi connectivity index (χ3v) is 6.96. The predicted octanol–water partition coefficient (Wildman–Crippen LogP) is 8.34. The zero-order chi connectivity index (χ0) is 20.5. The van der Waals surface area contributed by atoms with Crippen LogP contribution in [-0.4, -0.2) is 4.98 Å². The van der Waals surface area contributed by atoms with Crippen molar-refractivity contribution in [1.29, 1.82) is 0 Å². The summed E-state index contributed by atoms with van der Waals surface area (Å²) in [6, 6.07) is 17.9. The molecule has 1 heterocycles. The average Bonchev–Trinajstić information content (AvgIpc) is 3.40. The predicted molar refractivity (Wildman–Crippen MR) is 130 cm³/mol. The van der Waals surface area contributed by atoms with Crippen LogP contribution in [0.4, 0.5) is 0 Å². The molecule has 1 nitrogen and oxygen atoms in total. The van der Waals surface area contributed by atoms with E-state index >= 15 is 0 Å². The van der Waals surface area contributed by atoms with Gasteiger partial charge >= 0.3 is 0 Å². The lowest BCUT2D eigenvalue weighted by Crippen LogP contribution is -2.05. The van der Waals surface area contributed by atoms with Gasteiger partial charge in [0.15, 0.2) is 0 Å². The molecule has 1 aromatic heterocycles. The van der Waals surface area contributed by atoms with Crippen LogP contribution in [0.25, 0.3) is 22.0 Å². The van der Waals surface area contributed by atoms with Gasteiger partial charge in [0.05, 0.1) is 0 Å². The van der Waals surface area contributed by atoms with Crippen LogP contribution in [0.3, 0.4) is 0 Å². The topological polar surface area (TPSA) is 15.8 Å². The normalized spacial score (nSPS) is 17.2. The highest BCUT2D eigenvalue weighted by Gasteiger charge is 2.19. The molecule has 0 spiro atoms. The van der Waals surface area contributed by atoms with Gasteiger partial charge in [-0.15, -0.1) is 0 Å². The number of aromatic nitrogens is 1. The quantitative estimate of drug-likeness (QED) is 0.448. The Hall–Kier alpha value is -2.80. The second-order valence-corrected chi connectivity index (χ2v) is 9.04. The number of rotatable bonds is 5. The van der Waals surface area contributed by atoms with Gasteiger partial charge in [-0.2, -0.15) is 0 Å². The van der Waals surface area contributed by atoms with Crippen LogP contribution in [0.1, 0.15) is 73.2 Å². The monoisotopic (exact) mass is 393 g/mol. The Labute approximate surface area is 180 Å². The average molecular weight is 394 g/mol. The number of aromatic amines is 1. The van der Waals surface area contributed by atoms with Gasteiger partial charge in [0.25, 0.3) is 0 Å². The van der Waals surface area contributed by atoms with Crippen molar-refractivity contribution in [3.63, 3.8) is 0 Å². The summed E-state index contributed by atoms with van der Waals surface area (Å²) in [7, 11) is 0. The van der Waals surface area contributed by atoms with Crippen LogP contribution < -0.4 is 0 Å². The van der Waals surface area contributed by atoms with E-state index in [4.69, 9.17) is 0 Å². The second-order valence-electron chi connectivity index (χ2n) is 9.04. The fraction of sp³-hybridized carbons (Fsp3) is 0.310. The maximum absolute atomic E-state index is 4.48. The maximum Gasteiger partial charge on any atom is 0.0464 e. The lowest BCUT2D eigenvalue weighted by Gasteiger charge is -2.23. The van der Waals surface area contributed by atoms with Crippen molar-refractivity contribution in [3.05, 3.63) is 95.2 Å². The van der Waals surface area contributed by atoms with Crippen molar-refractivity contribution >= 4 is 22.0 Å². The Morgan fingerprint density at radius 3 is 2.63 bits per heavy atom. The van der Waals surface area contributed by atoms with Crippen molar-refractivity contribution in [2.45, 2.75) is 57.8 Å². The summed E-state index contributed by atoms with van der Waals surface area (Å²) in [6.45, 7) is 6.74. The summed E-state index contributed by atoms with van der Waals surface area (Å²) in [6.07, 6.45) is 13.5. The number of fused-ring (bicyclic) bond motifs is 1. The first kappa shape index (κ1) is 19.2. The molecule has 0 radical (unpaired) electrons. The molecule has 2 aromatic carbocycles. The van der Waals surface area contributed by atoms with E-state index in [0.717, 1.165) is 18.8 Å². The summed E-state index contributed by atoms with van der Waals surface area (Å²) in [5.41, 5.74) is 10.6. The van der Waals surface area contributed by atoms with Crippen molar-refractivity contribution in [3.8, 4) is 0 Å². The molecule has 2 aliphatic carbocycles. The van der Waals surface area contributed by atoms with Crippen LogP contribution in [0.5, 0.6) is 0 Å². The van der Waals surface area contributed by atoms with E-state index in [-0.39, 0.29) is 0 Å². The summed E-state index contributed by atoms with van der Waals surface area (Å²) in [5, 5.41) is 1.27. The number of aryl methyl sites for hydroxylation is 1. The number of hydrogen-bond acceptors (Lipinski definition) is 0. The van der Waals surface area contributed by atoms with E-state index in [1.807, 2.05) is 0 Å². The summed E-state index contributed by atoms with van der Waals surface area (Å²) in [4.78, 5) is 3.60. The minimum absolute atomic E-state index is 0.758. The molecule has 1 fully saturated rings. The van der Waals surface area contributed by atoms with Crippen LogP contribution in [-0.2, 0) is 0 Å². The number of hydrogen-bond donors (Lipinski definition) is 1. The number of benzene rings is 2. The van der Waals surface area contributed by atoms with Gasteiger partial charge in [0.2, 0.25) is 0 Å². The smallest absolute Gasteiger partial charge is 0.0464 e. The summed E-state index contributed by atoms with van der Waals surface area (Å²) < 4.78 is 0. The van der Waals surface area contributed by atoms with E-state index in [9.17, 15) is 0 Å². The van der Waals surface area contributed by atoms with E-state index in [1.165, 1.54) is 82.1 Å². The van der Waals surface area contributed by atoms with E-state index in [2.05, 4.69) is 79.2 Å².